The smallest absolute Gasteiger partial charge is 0.111 e. The number of hydrogen-bond donors (Lipinski definition) is 1. The molecule has 2 heterocycles. The second kappa shape index (κ2) is 5.38. The number of nitrogens with two attached hydrogens (primary N) is 1. The van der Waals surface area contributed by atoms with E-state index in [-0.39, 0.29) is 0 Å². The molecule has 1 aliphatic heterocycles. The van der Waals surface area contributed by atoms with Gasteiger partial charge in [0, 0.05) is 18.5 Å². The van der Waals surface area contributed by atoms with Crippen molar-refractivity contribution in [1.29, 1.82) is 0 Å². The van der Waals surface area contributed by atoms with Crippen molar-refractivity contribution in [2.45, 2.75) is 30.0 Å². The van der Waals surface area contributed by atoms with Crippen molar-refractivity contribution in [1.82, 2.24) is 4.98 Å². The molecular weight excluding hydrogens is 288 g/mol. The summed E-state index contributed by atoms with van der Waals surface area (Å²) in [6.45, 7) is 3.74. The van der Waals surface area contributed by atoms with Crippen LogP contribution in [-0.4, -0.2) is 23.4 Å². The summed E-state index contributed by atoms with van der Waals surface area (Å²) in [4.78, 5) is 4.38. The van der Waals surface area contributed by atoms with Gasteiger partial charge in [-0.3, -0.25) is 0 Å². The molecule has 0 bridgehead atoms. The van der Waals surface area contributed by atoms with Gasteiger partial charge in [0.15, 0.2) is 0 Å². The van der Waals surface area contributed by atoms with Crippen LogP contribution in [0.25, 0.3) is 0 Å². The van der Waals surface area contributed by atoms with Crippen LogP contribution in [0.3, 0.4) is 0 Å². The molecule has 1 fully saturated rings. The molecule has 2 rings (SSSR count). The highest BCUT2D eigenvalue weighted by atomic mass is 79.9. The summed E-state index contributed by atoms with van der Waals surface area (Å²) in [5.41, 5.74) is 7.61. The molecule has 1 aliphatic rings. The SMILES string of the molecule is Cc1c(N)cnc(SC2CCOCC2)c1Br. The summed E-state index contributed by atoms with van der Waals surface area (Å²) < 4.78 is 6.38. The van der Waals surface area contributed by atoms with Crippen LogP contribution in [0.4, 0.5) is 5.69 Å². The molecule has 0 amide bonds. The number of anilines is 1. The Labute approximate surface area is 108 Å². The largest absolute Gasteiger partial charge is 0.397 e. The van der Waals surface area contributed by atoms with E-state index >= 15 is 0 Å². The lowest BCUT2D eigenvalue weighted by Gasteiger charge is -2.21. The Morgan fingerprint density at radius 3 is 2.88 bits per heavy atom. The Hall–Kier alpha value is -0.260. The molecule has 0 unspecified atom stereocenters. The quantitative estimate of drug-likeness (QED) is 0.912. The van der Waals surface area contributed by atoms with Gasteiger partial charge >= 0.3 is 0 Å². The molecule has 1 aromatic heterocycles. The molecular formula is C11H15BrN2OS. The summed E-state index contributed by atoms with van der Waals surface area (Å²) >= 11 is 5.38. The first kappa shape index (κ1) is 12.2. The van der Waals surface area contributed by atoms with Crippen LogP contribution in [0.5, 0.6) is 0 Å². The van der Waals surface area contributed by atoms with E-state index < -0.39 is 0 Å². The van der Waals surface area contributed by atoms with Crippen LogP contribution in [0.1, 0.15) is 18.4 Å². The monoisotopic (exact) mass is 302 g/mol. The Bertz CT molecular complexity index is 380. The Balaban J connectivity index is 2.11. The average molecular weight is 303 g/mol. The summed E-state index contributed by atoms with van der Waals surface area (Å²) in [7, 11) is 0. The van der Waals surface area contributed by atoms with Crippen molar-refractivity contribution in [2.24, 2.45) is 0 Å². The first-order valence-electron chi connectivity index (χ1n) is 5.33. The first-order valence-corrected chi connectivity index (χ1v) is 7.00. The third kappa shape index (κ3) is 2.70. The average Bonchev–Trinajstić information content (AvgIpc) is 2.31. The molecule has 0 spiro atoms. The molecule has 0 saturated carbocycles. The number of thioether (sulfide) groups is 1. The van der Waals surface area contributed by atoms with Gasteiger partial charge in [-0.15, -0.1) is 11.8 Å². The third-order valence-electron chi connectivity index (χ3n) is 2.72. The normalized spacial score (nSPS) is 17.6. The lowest BCUT2D eigenvalue weighted by Crippen LogP contribution is -2.17. The van der Waals surface area contributed by atoms with Gasteiger partial charge in [0.05, 0.1) is 16.4 Å². The van der Waals surface area contributed by atoms with E-state index in [0.717, 1.165) is 46.8 Å². The predicted molar refractivity (Wildman–Crippen MR) is 70.8 cm³/mol. The number of halogens is 1. The van der Waals surface area contributed by atoms with Crippen molar-refractivity contribution in [3.05, 3.63) is 16.2 Å². The third-order valence-corrected chi connectivity index (χ3v) is 5.29. The highest BCUT2D eigenvalue weighted by Crippen LogP contribution is 2.35. The van der Waals surface area contributed by atoms with Gasteiger partial charge in [0.2, 0.25) is 0 Å². The van der Waals surface area contributed by atoms with Crippen molar-refractivity contribution in [3.8, 4) is 0 Å². The maximum Gasteiger partial charge on any atom is 0.111 e. The van der Waals surface area contributed by atoms with Crippen LogP contribution >= 0.6 is 27.7 Å². The van der Waals surface area contributed by atoms with Gasteiger partial charge in [0.25, 0.3) is 0 Å². The van der Waals surface area contributed by atoms with E-state index in [4.69, 9.17) is 10.5 Å². The van der Waals surface area contributed by atoms with Crippen molar-refractivity contribution < 1.29 is 4.74 Å². The minimum absolute atomic E-state index is 0.612. The predicted octanol–water partition coefficient (Wildman–Crippen LogP) is 3.01. The maximum atomic E-state index is 5.80. The second-order valence-electron chi connectivity index (χ2n) is 3.89. The molecule has 2 N–H and O–H groups in total. The summed E-state index contributed by atoms with van der Waals surface area (Å²) in [6.07, 6.45) is 3.94. The van der Waals surface area contributed by atoms with Gasteiger partial charge in [-0.05, 0) is 41.3 Å². The molecule has 5 heteroatoms. The number of nitrogens with zero attached hydrogens (tertiary/aromatic N) is 1. The van der Waals surface area contributed by atoms with Crippen LogP contribution in [0.2, 0.25) is 0 Å². The van der Waals surface area contributed by atoms with Crippen LogP contribution < -0.4 is 5.73 Å². The lowest BCUT2D eigenvalue weighted by molar-refractivity contribution is 0.1000. The molecule has 0 aromatic carbocycles. The standard InChI is InChI=1S/C11H15BrN2OS/c1-7-9(13)6-14-11(10(7)12)16-8-2-4-15-5-3-8/h6,8H,2-5,13H2,1H3. The van der Waals surface area contributed by atoms with Gasteiger partial charge in [-0.2, -0.15) is 0 Å². The fraction of sp³-hybridized carbons (Fsp3) is 0.545. The van der Waals surface area contributed by atoms with Gasteiger partial charge in [-0.25, -0.2) is 4.98 Å². The summed E-state index contributed by atoms with van der Waals surface area (Å²) in [5.74, 6) is 0. The van der Waals surface area contributed by atoms with Crippen LogP contribution in [-0.2, 0) is 4.74 Å². The van der Waals surface area contributed by atoms with E-state index in [2.05, 4.69) is 20.9 Å². The summed E-state index contributed by atoms with van der Waals surface area (Å²) in [6, 6.07) is 0. The molecule has 16 heavy (non-hydrogen) atoms. The number of aromatic nitrogens is 1. The van der Waals surface area contributed by atoms with Crippen molar-refractivity contribution >= 4 is 33.4 Å². The lowest BCUT2D eigenvalue weighted by atomic mass is 10.2. The zero-order chi connectivity index (χ0) is 11.5. The van der Waals surface area contributed by atoms with E-state index in [9.17, 15) is 0 Å². The van der Waals surface area contributed by atoms with E-state index in [1.54, 1.807) is 6.20 Å². The number of ether oxygens (including phenoxy) is 1. The molecule has 1 aromatic rings. The fourth-order valence-corrected chi connectivity index (χ4v) is 3.33. The summed E-state index contributed by atoms with van der Waals surface area (Å²) in [5, 5.41) is 1.65. The van der Waals surface area contributed by atoms with Crippen molar-refractivity contribution in [3.63, 3.8) is 0 Å². The molecule has 88 valence electrons. The first-order chi connectivity index (χ1) is 7.68. The van der Waals surface area contributed by atoms with Gasteiger partial charge < -0.3 is 10.5 Å². The highest BCUT2D eigenvalue weighted by Gasteiger charge is 2.18. The number of hydrogen-bond acceptors (Lipinski definition) is 4. The van der Waals surface area contributed by atoms with E-state index in [1.165, 1.54) is 0 Å². The second-order valence-corrected chi connectivity index (χ2v) is 5.97. The van der Waals surface area contributed by atoms with E-state index in [1.807, 2.05) is 18.7 Å². The minimum atomic E-state index is 0.612. The Morgan fingerprint density at radius 2 is 2.19 bits per heavy atom. The maximum absolute atomic E-state index is 5.80. The molecule has 0 radical (unpaired) electrons. The Kier molecular flexibility index (Phi) is 4.10. The van der Waals surface area contributed by atoms with Crippen molar-refractivity contribution in [2.75, 3.05) is 18.9 Å². The Morgan fingerprint density at radius 1 is 1.50 bits per heavy atom. The number of rotatable bonds is 2. The highest BCUT2D eigenvalue weighted by molar-refractivity contribution is 9.10. The molecule has 3 nitrogen and oxygen atoms in total. The van der Waals surface area contributed by atoms with Crippen LogP contribution in [0, 0.1) is 6.92 Å². The van der Waals surface area contributed by atoms with Gasteiger partial charge in [0.1, 0.15) is 5.03 Å². The number of nitrogen functional groups attached to an aromatic ring is 1. The zero-order valence-electron chi connectivity index (χ0n) is 9.20. The van der Waals surface area contributed by atoms with Crippen LogP contribution in [0.15, 0.2) is 15.7 Å². The topological polar surface area (TPSA) is 48.1 Å². The molecule has 1 saturated heterocycles. The zero-order valence-corrected chi connectivity index (χ0v) is 11.6. The fourth-order valence-electron chi connectivity index (χ4n) is 1.60. The molecule has 0 atom stereocenters. The van der Waals surface area contributed by atoms with E-state index in [0.29, 0.717) is 5.25 Å². The number of pyridine rings is 1. The molecule has 0 aliphatic carbocycles. The minimum Gasteiger partial charge on any atom is -0.397 e. The van der Waals surface area contributed by atoms with Gasteiger partial charge in [-0.1, -0.05) is 0 Å².